The van der Waals surface area contributed by atoms with Crippen molar-refractivity contribution < 1.29 is 19.1 Å². The minimum absolute atomic E-state index is 0.200. The lowest BCUT2D eigenvalue weighted by atomic mass is 10.1. The molecular weight excluding hydrogens is 440 g/mol. The molecule has 6 nitrogen and oxygen atoms in total. The number of ketones is 2. The fraction of sp³-hybridized carbons (Fsp3) is 0.138. The highest BCUT2D eigenvalue weighted by Crippen LogP contribution is 2.26. The molecule has 2 aromatic heterocycles. The lowest BCUT2D eigenvalue weighted by molar-refractivity contribution is -0.121. The molecule has 2 aromatic carbocycles. The van der Waals surface area contributed by atoms with Crippen molar-refractivity contribution in [3.63, 3.8) is 0 Å². The highest BCUT2D eigenvalue weighted by atomic mass is 16.5. The first-order valence-corrected chi connectivity index (χ1v) is 11.3. The fourth-order valence-corrected chi connectivity index (χ4v) is 3.57. The quantitative estimate of drug-likeness (QED) is 0.235. The lowest BCUT2D eigenvalue weighted by Gasteiger charge is -2.10. The number of rotatable bonds is 11. The lowest BCUT2D eigenvalue weighted by Crippen LogP contribution is -2.03. The highest BCUT2D eigenvalue weighted by molar-refractivity contribution is 6.11. The number of carbonyl (C=O) groups is 2. The van der Waals surface area contributed by atoms with Crippen LogP contribution < -0.4 is 9.47 Å². The van der Waals surface area contributed by atoms with Crippen LogP contribution in [0.2, 0.25) is 0 Å². The average molecular weight is 467 g/mol. The third kappa shape index (κ3) is 6.77. The molecule has 0 radical (unpaired) electrons. The van der Waals surface area contributed by atoms with Crippen molar-refractivity contribution in [3.05, 3.63) is 102 Å². The van der Waals surface area contributed by atoms with Crippen LogP contribution in [-0.4, -0.2) is 35.3 Å². The molecule has 35 heavy (non-hydrogen) atoms. The van der Waals surface area contributed by atoms with Gasteiger partial charge in [-0.15, -0.1) is 0 Å². The monoisotopic (exact) mass is 466 g/mol. The van der Waals surface area contributed by atoms with E-state index < -0.39 is 0 Å². The molecule has 0 amide bonds. The number of benzene rings is 2. The second-order valence-electron chi connectivity index (χ2n) is 7.92. The number of methoxy groups -OCH3 is 1. The van der Waals surface area contributed by atoms with Crippen LogP contribution in [0.25, 0.3) is 23.1 Å². The molecule has 0 bridgehead atoms. The van der Waals surface area contributed by atoms with Crippen LogP contribution in [0.15, 0.2) is 85.2 Å². The number of pyridine rings is 1. The van der Waals surface area contributed by atoms with Gasteiger partial charge in [0.2, 0.25) is 0 Å². The van der Waals surface area contributed by atoms with Gasteiger partial charge in [-0.05, 0) is 65.6 Å². The van der Waals surface area contributed by atoms with Crippen molar-refractivity contribution in [2.75, 3.05) is 13.7 Å². The Hall–Kier alpha value is -4.45. The Morgan fingerprint density at radius 2 is 1.83 bits per heavy atom. The minimum atomic E-state index is -0.280. The van der Waals surface area contributed by atoms with E-state index in [1.54, 1.807) is 31.5 Å². The molecule has 0 aliphatic carbocycles. The standard InChI is InChI=1S/C29H26N2O4/c1-34-29-20-27(35-17-14-24-4-2-3-15-30-24)12-9-23(29)8-11-26(33)19-25(32)10-6-21-5-7-22-13-16-31-28(22)18-21/h2-13,15-16,18,20,31H,14,17,19H2,1H3/b10-6+,11-8+. The van der Waals surface area contributed by atoms with E-state index in [0.29, 0.717) is 24.5 Å². The van der Waals surface area contributed by atoms with Crippen LogP contribution in [0.1, 0.15) is 23.2 Å². The summed E-state index contributed by atoms with van der Waals surface area (Å²) in [7, 11) is 1.56. The Morgan fingerprint density at radius 1 is 0.971 bits per heavy atom. The van der Waals surface area contributed by atoms with E-state index >= 15 is 0 Å². The predicted molar refractivity (Wildman–Crippen MR) is 137 cm³/mol. The van der Waals surface area contributed by atoms with Crippen molar-refractivity contribution in [3.8, 4) is 11.5 Å². The SMILES string of the molecule is COc1cc(OCCc2ccccn2)ccc1/C=C/C(=O)CC(=O)/C=C/c1ccc2cc[nH]c2c1. The van der Waals surface area contributed by atoms with Gasteiger partial charge in [0.25, 0.3) is 0 Å². The molecule has 0 unspecified atom stereocenters. The van der Waals surface area contributed by atoms with Gasteiger partial charge in [-0.3, -0.25) is 14.6 Å². The van der Waals surface area contributed by atoms with Gasteiger partial charge in [-0.1, -0.05) is 24.3 Å². The topological polar surface area (TPSA) is 81.3 Å². The number of fused-ring (bicyclic) bond motifs is 1. The van der Waals surface area contributed by atoms with Gasteiger partial charge in [0, 0.05) is 41.7 Å². The van der Waals surface area contributed by atoms with E-state index in [9.17, 15) is 9.59 Å². The molecule has 176 valence electrons. The summed E-state index contributed by atoms with van der Waals surface area (Å²) in [5.74, 6) is 0.710. The van der Waals surface area contributed by atoms with Gasteiger partial charge in [0.05, 0.1) is 20.1 Å². The van der Waals surface area contributed by atoms with E-state index in [-0.39, 0.29) is 18.0 Å². The summed E-state index contributed by atoms with van der Waals surface area (Å²) in [4.78, 5) is 31.9. The number of carbonyl (C=O) groups excluding carboxylic acids is 2. The molecule has 4 rings (SSSR count). The van der Waals surface area contributed by atoms with Crippen LogP contribution in [0.4, 0.5) is 0 Å². The van der Waals surface area contributed by atoms with E-state index in [1.165, 1.54) is 12.2 Å². The second kappa shape index (κ2) is 11.6. The van der Waals surface area contributed by atoms with Crippen LogP contribution >= 0.6 is 0 Å². The summed E-state index contributed by atoms with van der Waals surface area (Å²) in [6.45, 7) is 0.488. The van der Waals surface area contributed by atoms with E-state index in [4.69, 9.17) is 9.47 Å². The number of aromatic amines is 1. The number of nitrogens with one attached hydrogen (secondary N) is 1. The third-order valence-corrected chi connectivity index (χ3v) is 5.40. The number of allylic oxidation sites excluding steroid dienone is 2. The molecule has 0 fully saturated rings. The van der Waals surface area contributed by atoms with Crippen LogP contribution in [0, 0.1) is 0 Å². The highest BCUT2D eigenvalue weighted by Gasteiger charge is 2.07. The van der Waals surface area contributed by atoms with E-state index in [0.717, 1.165) is 27.7 Å². The zero-order valence-corrected chi connectivity index (χ0v) is 19.4. The van der Waals surface area contributed by atoms with Crippen molar-refractivity contribution >= 4 is 34.6 Å². The van der Waals surface area contributed by atoms with Gasteiger partial charge in [-0.2, -0.15) is 0 Å². The first-order valence-electron chi connectivity index (χ1n) is 11.3. The number of aromatic nitrogens is 2. The van der Waals surface area contributed by atoms with Crippen LogP contribution in [-0.2, 0) is 16.0 Å². The zero-order valence-electron chi connectivity index (χ0n) is 19.4. The van der Waals surface area contributed by atoms with Crippen molar-refractivity contribution in [1.29, 1.82) is 0 Å². The largest absolute Gasteiger partial charge is 0.496 e. The molecule has 0 atom stereocenters. The zero-order chi connectivity index (χ0) is 24.5. The second-order valence-corrected chi connectivity index (χ2v) is 7.92. The molecule has 0 aliphatic heterocycles. The molecule has 6 heteroatoms. The van der Waals surface area contributed by atoms with Crippen molar-refractivity contribution in [1.82, 2.24) is 9.97 Å². The molecule has 0 aliphatic rings. The minimum Gasteiger partial charge on any atom is -0.496 e. The van der Waals surface area contributed by atoms with Gasteiger partial charge >= 0.3 is 0 Å². The van der Waals surface area contributed by atoms with E-state index in [1.807, 2.05) is 60.8 Å². The molecule has 0 saturated carbocycles. The first kappa shape index (κ1) is 23.7. The molecule has 0 saturated heterocycles. The van der Waals surface area contributed by atoms with Crippen molar-refractivity contribution in [2.24, 2.45) is 0 Å². The number of hydrogen-bond donors (Lipinski definition) is 1. The van der Waals surface area contributed by atoms with E-state index in [2.05, 4.69) is 9.97 Å². The van der Waals surface area contributed by atoms with Crippen LogP contribution in [0.5, 0.6) is 11.5 Å². The molecule has 0 spiro atoms. The molecule has 4 aromatic rings. The summed E-state index contributed by atoms with van der Waals surface area (Å²) in [5, 5.41) is 1.10. The Labute approximate surface area is 203 Å². The first-order chi connectivity index (χ1) is 17.1. The third-order valence-electron chi connectivity index (χ3n) is 5.40. The maximum absolute atomic E-state index is 12.3. The smallest absolute Gasteiger partial charge is 0.163 e. The van der Waals surface area contributed by atoms with Crippen molar-refractivity contribution in [2.45, 2.75) is 12.8 Å². The van der Waals surface area contributed by atoms with Crippen LogP contribution in [0.3, 0.4) is 0 Å². The molecule has 1 N–H and O–H groups in total. The maximum Gasteiger partial charge on any atom is 0.163 e. The Bertz CT molecular complexity index is 1370. The molecular formula is C29H26N2O4. The predicted octanol–water partition coefficient (Wildman–Crippen LogP) is 5.45. The maximum atomic E-state index is 12.3. The summed E-state index contributed by atoms with van der Waals surface area (Å²) in [6.07, 6.45) is 10.3. The fourth-order valence-electron chi connectivity index (χ4n) is 3.57. The Balaban J connectivity index is 1.30. The van der Waals surface area contributed by atoms with Gasteiger partial charge in [-0.25, -0.2) is 0 Å². The van der Waals surface area contributed by atoms with Gasteiger partial charge < -0.3 is 14.5 Å². The average Bonchev–Trinajstić information content (AvgIpc) is 3.35. The summed E-state index contributed by atoms with van der Waals surface area (Å²) >= 11 is 0. The summed E-state index contributed by atoms with van der Waals surface area (Å²) in [5.41, 5.74) is 3.57. The Kier molecular flexibility index (Phi) is 7.86. The summed E-state index contributed by atoms with van der Waals surface area (Å²) < 4.78 is 11.2. The molecule has 2 heterocycles. The Morgan fingerprint density at radius 3 is 2.63 bits per heavy atom. The number of hydrogen-bond acceptors (Lipinski definition) is 5. The van der Waals surface area contributed by atoms with Gasteiger partial charge in [0.1, 0.15) is 11.5 Å². The van der Waals surface area contributed by atoms with Gasteiger partial charge in [0.15, 0.2) is 11.6 Å². The normalized spacial score (nSPS) is 11.3. The number of H-pyrrole nitrogens is 1. The number of nitrogens with zero attached hydrogens (tertiary/aromatic N) is 1. The number of ether oxygens (including phenoxy) is 2. The summed E-state index contributed by atoms with van der Waals surface area (Å²) in [6, 6.07) is 19.0.